The van der Waals surface area contributed by atoms with Gasteiger partial charge in [0.2, 0.25) is 5.91 Å². The summed E-state index contributed by atoms with van der Waals surface area (Å²) in [5.41, 5.74) is 5.08. The molecule has 1 aliphatic rings. The lowest BCUT2D eigenvalue weighted by Gasteiger charge is -2.32. The lowest BCUT2D eigenvalue weighted by Crippen LogP contribution is -2.43. The largest absolute Gasteiger partial charge is 0.369 e. The molecule has 14 heavy (non-hydrogen) atoms. The van der Waals surface area contributed by atoms with Crippen LogP contribution in [0.25, 0.3) is 0 Å². The highest BCUT2D eigenvalue weighted by Crippen LogP contribution is 2.19. The zero-order valence-electron chi connectivity index (χ0n) is 9.12. The van der Waals surface area contributed by atoms with Crippen LogP contribution in [0.5, 0.6) is 0 Å². The average Bonchev–Trinajstić information content (AvgIpc) is 2.15. The molecule has 0 radical (unpaired) electrons. The van der Waals surface area contributed by atoms with Crippen LogP contribution < -0.4 is 11.1 Å². The Hall–Kier alpha value is -0.610. The van der Waals surface area contributed by atoms with E-state index in [2.05, 4.69) is 24.2 Å². The van der Waals surface area contributed by atoms with Crippen LogP contribution in [-0.2, 0) is 4.79 Å². The normalized spacial score (nSPS) is 22.1. The van der Waals surface area contributed by atoms with Crippen molar-refractivity contribution in [1.29, 1.82) is 0 Å². The fraction of sp³-hybridized carbons (Fsp3) is 0.900. The van der Waals surface area contributed by atoms with Gasteiger partial charge in [0.1, 0.15) is 0 Å². The van der Waals surface area contributed by atoms with Gasteiger partial charge in [0, 0.05) is 6.04 Å². The second-order valence-corrected chi connectivity index (χ2v) is 4.28. The van der Waals surface area contributed by atoms with Crippen molar-refractivity contribution in [2.45, 2.75) is 25.8 Å². The first-order valence-electron chi connectivity index (χ1n) is 5.30. The third kappa shape index (κ3) is 3.64. The highest BCUT2D eigenvalue weighted by atomic mass is 16.1. The minimum absolute atomic E-state index is 0.273. The van der Waals surface area contributed by atoms with Gasteiger partial charge in [-0.05, 0) is 45.8 Å². The van der Waals surface area contributed by atoms with Crippen LogP contribution in [0, 0.1) is 5.92 Å². The van der Waals surface area contributed by atoms with E-state index in [9.17, 15) is 4.79 Å². The zero-order valence-corrected chi connectivity index (χ0v) is 9.12. The van der Waals surface area contributed by atoms with Gasteiger partial charge in [0.15, 0.2) is 0 Å². The summed E-state index contributed by atoms with van der Waals surface area (Å²) in [6, 6.07) is 0.399. The average molecular weight is 199 g/mol. The molecule has 1 amide bonds. The van der Waals surface area contributed by atoms with Crippen molar-refractivity contribution in [2.75, 3.05) is 26.7 Å². The van der Waals surface area contributed by atoms with Gasteiger partial charge >= 0.3 is 0 Å². The van der Waals surface area contributed by atoms with Crippen molar-refractivity contribution < 1.29 is 4.79 Å². The van der Waals surface area contributed by atoms with E-state index in [4.69, 9.17) is 5.73 Å². The molecule has 82 valence electrons. The molecule has 1 rings (SSSR count). The van der Waals surface area contributed by atoms with E-state index in [1.807, 2.05) is 0 Å². The summed E-state index contributed by atoms with van der Waals surface area (Å²) >= 11 is 0. The van der Waals surface area contributed by atoms with Crippen LogP contribution in [-0.4, -0.2) is 43.5 Å². The van der Waals surface area contributed by atoms with Crippen molar-refractivity contribution in [3.05, 3.63) is 0 Å². The Morgan fingerprint density at radius 2 is 2.14 bits per heavy atom. The standard InChI is InChI=1S/C10H21N3O/c1-8(12-7-10(11)14)9-3-5-13(2)6-4-9/h8-9,12H,3-7H2,1-2H3,(H2,11,14). The van der Waals surface area contributed by atoms with Crippen LogP contribution in [0.4, 0.5) is 0 Å². The third-order valence-corrected chi connectivity index (χ3v) is 3.07. The molecular weight excluding hydrogens is 178 g/mol. The van der Waals surface area contributed by atoms with Crippen molar-refractivity contribution in [2.24, 2.45) is 11.7 Å². The maximum Gasteiger partial charge on any atom is 0.231 e. The Morgan fingerprint density at radius 1 is 1.57 bits per heavy atom. The van der Waals surface area contributed by atoms with Crippen LogP contribution in [0.2, 0.25) is 0 Å². The minimum atomic E-state index is -0.273. The number of likely N-dealkylation sites (tertiary alicyclic amines) is 1. The van der Waals surface area contributed by atoms with Gasteiger partial charge in [0.25, 0.3) is 0 Å². The van der Waals surface area contributed by atoms with Crippen LogP contribution in [0.3, 0.4) is 0 Å². The SMILES string of the molecule is CC(NCC(N)=O)C1CCN(C)CC1. The van der Waals surface area contributed by atoms with E-state index < -0.39 is 0 Å². The molecule has 0 saturated carbocycles. The third-order valence-electron chi connectivity index (χ3n) is 3.07. The number of amides is 1. The van der Waals surface area contributed by atoms with Gasteiger partial charge < -0.3 is 16.0 Å². The predicted molar refractivity (Wildman–Crippen MR) is 56.9 cm³/mol. The molecule has 1 unspecified atom stereocenters. The number of piperidine rings is 1. The van der Waals surface area contributed by atoms with Crippen molar-refractivity contribution in [1.82, 2.24) is 10.2 Å². The molecule has 1 fully saturated rings. The number of carbonyl (C=O) groups is 1. The molecule has 1 saturated heterocycles. The molecule has 0 bridgehead atoms. The Bertz CT molecular complexity index is 188. The molecule has 0 spiro atoms. The molecule has 0 aliphatic carbocycles. The summed E-state index contributed by atoms with van der Waals surface area (Å²) in [6.45, 7) is 4.76. The number of primary amides is 1. The first-order valence-corrected chi connectivity index (χ1v) is 5.30. The number of carbonyl (C=O) groups excluding carboxylic acids is 1. The van der Waals surface area contributed by atoms with E-state index in [0.717, 1.165) is 13.1 Å². The first-order chi connectivity index (χ1) is 6.59. The van der Waals surface area contributed by atoms with E-state index in [-0.39, 0.29) is 5.91 Å². The highest BCUT2D eigenvalue weighted by Gasteiger charge is 2.21. The highest BCUT2D eigenvalue weighted by molar-refractivity contribution is 5.75. The summed E-state index contributed by atoms with van der Waals surface area (Å²) in [5, 5.41) is 3.17. The number of nitrogens with one attached hydrogen (secondary N) is 1. The molecule has 3 N–H and O–H groups in total. The number of rotatable bonds is 4. The summed E-state index contributed by atoms with van der Waals surface area (Å²) in [5.74, 6) is 0.412. The molecule has 0 aromatic rings. The topological polar surface area (TPSA) is 58.4 Å². The van der Waals surface area contributed by atoms with Gasteiger partial charge in [-0.2, -0.15) is 0 Å². The Labute approximate surface area is 85.8 Å². The van der Waals surface area contributed by atoms with Gasteiger partial charge in [-0.25, -0.2) is 0 Å². The Balaban J connectivity index is 2.23. The predicted octanol–water partition coefficient (Wildman–Crippen LogP) is -0.208. The lowest BCUT2D eigenvalue weighted by atomic mass is 9.90. The molecule has 1 heterocycles. The molecule has 4 heteroatoms. The fourth-order valence-corrected chi connectivity index (χ4v) is 1.96. The second kappa shape index (κ2) is 5.32. The van der Waals surface area contributed by atoms with E-state index in [0.29, 0.717) is 18.5 Å². The zero-order chi connectivity index (χ0) is 10.6. The van der Waals surface area contributed by atoms with Gasteiger partial charge in [-0.15, -0.1) is 0 Å². The molecule has 1 aliphatic heterocycles. The van der Waals surface area contributed by atoms with Crippen LogP contribution in [0.1, 0.15) is 19.8 Å². The smallest absolute Gasteiger partial charge is 0.231 e. The van der Waals surface area contributed by atoms with E-state index in [1.54, 1.807) is 0 Å². The Kier molecular flexibility index (Phi) is 4.35. The molecule has 0 aromatic carbocycles. The molecular formula is C10H21N3O. The second-order valence-electron chi connectivity index (χ2n) is 4.28. The summed E-state index contributed by atoms with van der Waals surface area (Å²) in [7, 11) is 2.15. The Morgan fingerprint density at radius 3 is 2.64 bits per heavy atom. The van der Waals surface area contributed by atoms with Crippen molar-refractivity contribution in [3.63, 3.8) is 0 Å². The van der Waals surface area contributed by atoms with Crippen molar-refractivity contribution >= 4 is 5.91 Å². The molecule has 1 atom stereocenters. The lowest BCUT2D eigenvalue weighted by molar-refractivity contribution is -0.117. The monoisotopic (exact) mass is 199 g/mol. The summed E-state index contributed by atoms with van der Waals surface area (Å²) in [4.78, 5) is 12.9. The first kappa shape index (κ1) is 11.5. The van der Waals surface area contributed by atoms with Crippen molar-refractivity contribution in [3.8, 4) is 0 Å². The number of hydrogen-bond donors (Lipinski definition) is 2. The van der Waals surface area contributed by atoms with Crippen LogP contribution >= 0.6 is 0 Å². The van der Waals surface area contributed by atoms with Gasteiger partial charge in [0.05, 0.1) is 6.54 Å². The quantitative estimate of drug-likeness (QED) is 0.659. The minimum Gasteiger partial charge on any atom is -0.369 e. The number of hydrogen-bond acceptors (Lipinski definition) is 3. The van der Waals surface area contributed by atoms with E-state index >= 15 is 0 Å². The number of nitrogens with zero attached hydrogens (tertiary/aromatic N) is 1. The van der Waals surface area contributed by atoms with Gasteiger partial charge in [-0.1, -0.05) is 0 Å². The number of nitrogens with two attached hydrogens (primary N) is 1. The summed E-state index contributed by atoms with van der Waals surface area (Å²) in [6.07, 6.45) is 2.42. The summed E-state index contributed by atoms with van der Waals surface area (Å²) < 4.78 is 0. The maximum atomic E-state index is 10.6. The van der Waals surface area contributed by atoms with Crippen LogP contribution in [0.15, 0.2) is 0 Å². The fourth-order valence-electron chi connectivity index (χ4n) is 1.96. The van der Waals surface area contributed by atoms with Gasteiger partial charge in [-0.3, -0.25) is 4.79 Å². The molecule has 0 aromatic heterocycles. The molecule has 4 nitrogen and oxygen atoms in total. The van der Waals surface area contributed by atoms with E-state index in [1.165, 1.54) is 12.8 Å². The maximum absolute atomic E-state index is 10.6.